The molecule has 0 aliphatic rings. The Morgan fingerprint density at radius 1 is 1.50 bits per heavy atom. The second kappa shape index (κ2) is 6.26. The van der Waals surface area contributed by atoms with Crippen LogP contribution >= 0.6 is 0 Å². The topological polar surface area (TPSA) is 39.2 Å². The quantitative estimate of drug-likeness (QED) is 0.741. The zero-order valence-electron chi connectivity index (χ0n) is 10.2. The summed E-state index contributed by atoms with van der Waals surface area (Å²) in [5.41, 5.74) is 0.953. The third-order valence-electron chi connectivity index (χ3n) is 2.68. The second-order valence-electron chi connectivity index (χ2n) is 4.14. The number of hydrogen-bond donors (Lipinski definition) is 0. The Morgan fingerprint density at radius 3 is 2.75 bits per heavy atom. The average Bonchev–Trinajstić information content (AvgIpc) is 2.29. The highest BCUT2D eigenvalue weighted by Gasteiger charge is 2.08. The van der Waals surface area contributed by atoms with Crippen LogP contribution in [-0.2, 0) is 11.2 Å². The van der Waals surface area contributed by atoms with Crippen molar-refractivity contribution in [1.82, 2.24) is 4.98 Å². The Labute approximate surface area is 96.8 Å². The maximum Gasteiger partial charge on any atom is 0.212 e. The van der Waals surface area contributed by atoms with E-state index >= 15 is 0 Å². The van der Waals surface area contributed by atoms with Gasteiger partial charge in [-0.2, -0.15) is 0 Å². The summed E-state index contributed by atoms with van der Waals surface area (Å²) in [7, 11) is 1.58. The third kappa shape index (κ3) is 4.01. The summed E-state index contributed by atoms with van der Waals surface area (Å²) in [5, 5.41) is 0. The third-order valence-corrected chi connectivity index (χ3v) is 2.68. The molecule has 0 aromatic carbocycles. The van der Waals surface area contributed by atoms with Crippen molar-refractivity contribution in [3.8, 4) is 5.88 Å². The van der Waals surface area contributed by atoms with E-state index in [9.17, 15) is 4.79 Å². The minimum Gasteiger partial charge on any atom is -0.481 e. The lowest BCUT2D eigenvalue weighted by Crippen LogP contribution is -2.08. The zero-order valence-corrected chi connectivity index (χ0v) is 10.2. The molecule has 1 rings (SSSR count). The predicted molar refractivity (Wildman–Crippen MR) is 63.6 cm³/mol. The Balaban J connectivity index is 2.49. The number of carbonyl (C=O) groups is 1. The number of rotatable bonds is 6. The molecule has 3 heteroatoms. The first-order valence-electron chi connectivity index (χ1n) is 5.66. The van der Waals surface area contributed by atoms with Crippen molar-refractivity contribution < 1.29 is 9.53 Å². The number of ketones is 1. The first-order valence-corrected chi connectivity index (χ1v) is 5.66. The van der Waals surface area contributed by atoms with Gasteiger partial charge in [0.1, 0.15) is 5.78 Å². The van der Waals surface area contributed by atoms with Gasteiger partial charge >= 0.3 is 0 Å². The van der Waals surface area contributed by atoms with Gasteiger partial charge in [-0.05, 0) is 11.5 Å². The van der Waals surface area contributed by atoms with Crippen LogP contribution in [0.25, 0.3) is 0 Å². The maximum absolute atomic E-state index is 11.7. The van der Waals surface area contributed by atoms with E-state index < -0.39 is 0 Å². The number of aromatic nitrogens is 1. The SMILES string of the molecule is CCC(C)CC(=O)Cc1ccc(OC)nc1. The van der Waals surface area contributed by atoms with Crippen LogP contribution in [-0.4, -0.2) is 17.9 Å². The van der Waals surface area contributed by atoms with Gasteiger partial charge in [-0.3, -0.25) is 4.79 Å². The molecule has 3 nitrogen and oxygen atoms in total. The first-order chi connectivity index (χ1) is 7.65. The van der Waals surface area contributed by atoms with Gasteiger partial charge < -0.3 is 4.74 Å². The zero-order chi connectivity index (χ0) is 12.0. The average molecular weight is 221 g/mol. The summed E-state index contributed by atoms with van der Waals surface area (Å²) in [6.45, 7) is 4.21. The van der Waals surface area contributed by atoms with Crippen LogP contribution in [0, 0.1) is 5.92 Å². The minimum absolute atomic E-state index is 0.279. The summed E-state index contributed by atoms with van der Waals surface area (Å²) in [6.07, 6.45) is 3.88. The van der Waals surface area contributed by atoms with Crippen molar-refractivity contribution in [1.29, 1.82) is 0 Å². The van der Waals surface area contributed by atoms with Crippen LogP contribution in [0.2, 0.25) is 0 Å². The number of methoxy groups -OCH3 is 1. The van der Waals surface area contributed by atoms with Gasteiger partial charge in [-0.15, -0.1) is 0 Å². The van der Waals surface area contributed by atoms with Crippen molar-refractivity contribution >= 4 is 5.78 Å². The minimum atomic E-state index is 0.279. The molecule has 0 N–H and O–H groups in total. The summed E-state index contributed by atoms with van der Waals surface area (Å²) < 4.78 is 4.96. The molecule has 0 radical (unpaired) electrons. The van der Waals surface area contributed by atoms with E-state index in [1.165, 1.54) is 0 Å². The van der Waals surface area contributed by atoms with Gasteiger partial charge in [-0.1, -0.05) is 26.3 Å². The molecule has 0 spiro atoms. The molecule has 1 heterocycles. The van der Waals surface area contributed by atoms with Crippen LogP contribution in [0.4, 0.5) is 0 Å². The number of carbonyl (C=O) groups excluding carboxylic acids is 1. The largest absolute Gasteiger partial charge is 0.481 e. The monoisotopic (exact) mass is 221 g/mol. The Kier molecular flexibility index (Phi) is 4.96. The predicted octanol–water partition coefficient (Wildman–Crippen LogP) is 2.64. The van der Waals surface area contributed by atoms with Crippen molar-refractivity contribution in [3.63, 3.8) is 0 Å². The Hall–Kier alpha value is -1.38. The van der Waals surface area contributed by atoms with Crippen molar-refractivity contribution in [3.05, 3.63) is 23.9 Å². The molecule has 16 heavy (non-hydrogen) atoms. The van der Waals surface area contributed by atoms with Gasteiger partial charge in [0.05, 0.1) is 7.11 Å². The second-order valence-corrected chi connectivity index (χ2v) is 4.14. The van der Waals surface area contributed by atoms with Crippen LogP contribution in [0.5, 0.6) is 5.88 Å². The molecule has 1 unspecified atom stereocenters. The van der Waals surface area contributed by atoms with Crippen molar-refractivity contribution in [2.75, 3.05) is 7.11 Å². The molecule has 0 fully saturated rings. The summed E-state index contributed by atoms with van der Waals surface area (Å²) in [4.78, 5) is 15.8. The van der Waals surface area contributed by atoms with E-state index in [0.29, 0.717) is 24.6 Å². The maximum atomic E-state index is 11.7. The molecule has 1 aromatic rings. The molecule has 0 aliphatic carbocycles. The molecule has 0 bridgehead atoms. The van der Waals surface area contributed by atoms with Gasteiger partial charge in [0.2, 0.25) is 5.88 Å². The van der Waals surface area contributed by atoms with Crippen LogP contribution < -0.4 is 4.74 Å². The smallest absolute Gasteiger partial charge is 0.212 e. The molecular formula is C13H19NO2. The fourth-order valence-corrected chi connectivity index (χ4v) is 1.47. The van der Waals surface area contributed by atoms with E-state index in [4.69, 9.17) is 4.74 Å². The highest BCUT2D eigenvalue weighted by atomic mass is 16.5. The molecule has 1 atom stereocenters. The molecule has 0 aliphatic heterocycles. The van der Waals surface area contributed by atoms with Crippen LogP contribution in [0.3, 0.4) is 0 Å². The summed E-state index contributed by atoms with van der Waals surface area (Å²) >= 11 is 0. The van der Waals surface area contributed by atoms with E-state index in [2.05, 4.69) is 18.8 Å². The molecule has 0 saturated heterocycles. The molecule has 1 aromatic heterocycles. The lowest BCUT2D eigenvalue weighted by atomic mass is 9.99. The van der Waals surface area contributed by atoms with Gasteiger partial charge in [0.25, 0.3) is 0 Å². The first kappa shape index (κ1) is 12.7. The van der Waals surface area contributed by atoms with E-state index in [0.717, 1.165) is 12.0 Å². The van der Waals surface area contributed by atoms with Gasteiger partial charge in [0, 0.05) is 25.1 Å². The molecule has 0 saturated carbocycles. The molecule has 0 amide bonds. The highest BCUT2D eigenvalue weighted by molar-refractivity contribution is 5.80. The highest BCUT2D eigenvalue weighted by Crippen LogP contribution is 2.11. The standard InChI is InChI=1S/C13H19NO2/c1-4-10(2)7-12(15)8-11-5-6-13(16-3)14-9-11/h5-6,9-10H,4,7-8H2,1-3H3. The number of nitrogens with zero attached hydrogens (tertiary/aromatic N) is 1. The Morgan fingerprint density at radius 2 is 2.25 bits per heavy atom. The van der Waals surface area contributed by atoms with E-state index in [-0.39, 0.29) is 5.78 Å². The van der Waals surface area contributed by atoms with E-state index in [1.807, 2.05) is 6.07 Å². The summed E-state index contributed by atoms with van der Waals surface area (Å²) in [6, 6.07) is 3.67. The molecular weight excluding hydrogens is 202 g/mol. The number of hydrogen-bond acceptors (Lipinski definition) is 3. The van der Waals surface area contributed by atoms with Gasteiger partial charge in [0.15, 0.2) is 0 Å². The van der Waals surface area contributed by atoms with Crippen LogP contribution in [0.15, 0.2) is 18.3 Å². The summed E-state index contributed by atoms with van der Waals surface area (Å²) in [5.74, 6) is 1.33. The van der Waals surface area contributed by atoms with Crippen molar-refractivity contribution in [2.45, 2.75) is 33.1 Å². The number of ether oxygens (including phenoxy) is 1. The fraction of sp³-hybridized carbons (Fsp3) is 0.538. The van der Waals surface area contributed by atoms with E-state index in [1.54, 1.807) is 19.4 Å². The number of Topliss-reactive ketones (excluding diaryl/α,β-unsaturated/α-hetero) is 1. The fourth-order valence-electron chi connectivity index (χ4n) is 1.47. The number of pyridine rings is 1. The van der Waals surface area contributed by atoms with Gasteiger partial charge in [-0.25, -0.2) is 4.98 Å². The van der Waals surface area contributed by atoms with Crippen molar-refractivity contribution in [2.24, 2.45) is 5.92 Å². The normalized spacial score (nSPS) is 12.2. The van der Waals surface area contributed by atoms with Crippen LogP contribution in [0.1, 0.15) is 32.3 Å². The Bertz CT molecular complexity index is 332. The lowest BCUT2D eigenvalue weighted by molar-refractivity contribution is -0.119. The lowest BCUT2D eigenvalue weighted by Gasteiger charge is -2.07. The molecule has 88 valence electrons.